The zero-order valence-electron chi connectivity index (χ0n) is 12.7. The average molecular weight is 346 g/mol. The number of hydrazine groups is 1. The molecular formula is C15H25BrFN3. The Balaban J connectivity index is 3.09. The average Bonchev–Trinajstić information content (AvgIpc) is 2.42. The highest BCUT2D eigenvalue weighted by atomic mass is 79.9. The second-order valence-corrected chi connectivity index (χ2v) is 6.28. The fourth-order valence-electron chi connectivity index (χ4n) is 3.01. The number of nitrogens with two attached hydrogens (primary N) is 1. The largest absolute Gasteiger partial charge is 0.302 e. The first kappa shape index (κ1) is 17.6. The van der Waals surface area contributed by atoms with Crippen molar-refractivity contribution in [1.82, 2.24) is 10.3 Å². The van der Waals surface area contributed by atoms with Crippen LogP contribution in [-0.2, 0) is 6.42 Å². The van der Waals surface area contributed by atoms with E-state index in [0.717, 1.165) is 17.3 Å². The van der Waals surface area contributed by atoms with Gasteiger partial charge in [-0.15, -0.1) is 0 Å². The van der Waals surface area contributed by atoms with E-state index in [1.165, 1.54) is 6.07 Å². The van der Waals surface area contributed by atoms with Crippen LogP contribution in [0.1, 0.15) is 32.3 Å². The molecule has 0 spiro atoms. The molecule has 20 heavy (non-hydrogen) atoms. The van der Waals surface area contributed by atoms with Gasteiger partial charge in [-0.05, 0) is 57.1 Å². The second-order valence-electron chi connectivity index (χ2n) is 5.36. The van der Waals surface area contributed by atoms with Gasteiger partial charge in [0.2, 0.25) is 0 Å². The molecule has 0 aliphatic rings. The van der Waals surface area contributed by atoms with Crippen LogP contribution in [0.5, 0.6) is 0 Å². The van der Waals surface area contributed by atoms with E-state index in [4.69, 9.17) is 5.84 Å². The van der Waals surface area contributed by atoms with Crippen molar-refractivity contribution in [1.29, 1.82) is 0 Å². The maximum atomic E-state index is 14.0. The molecule has 0 radical (unpaired) electrons. The summed E-state index contributed by atoms with van der Waals surface area (Å²) in [7, 11) is 4.10. The van der Waals surface area contributed by atoms with Gasteiger partial charge >= 0.3 is 0 Å². The summed E-state index contributed by atoms with van der Waals surface area (Å²) in [5.41, 5.74) is 3.48. The van der Waals surface area contributed by atoms with E-state index in [0.29, 0.717) is 12.0 Å². The minimum absolute atomic E-state index is 0.0173. The molecule has 1 unspecified atom stereocenters. The predicted octanol–water partition coefficient (Wildman–Crippen LogP) is 3.08. The Labute approximate surface area is 129 Å². The molecule has 0 aromatic heterocycles. The normalized spacial score (nSPS) is 13.8. The summed E-state index contributed by atoms with van der Waals surface area (Å²) < 4.78 is 14.8. The van der Waals surface area contributed by atoms with Gasteiger partial charge in [0, 0.05) is 16.1 Å². The van der Waals surface area contributed by atoms with Crippen LogP contribution >= 0.6 is 15.9 Å². The first-order chi connectivity index (χ1) is 9.41. The summed E-state index contributed by atoms with van der Waals surface area (Å²) >= 11 is 3.39. The molecule has 0 saturated carbocycles. The molecule has 0 bridgehead atoms. The first-order valence-electron chi connectivity index (χ1n) is 6.98. The van der Waals surface area contributed by atoms with Crippen molar-refractivity contribution in [2.75, 3.05) is 14.1 Å². The van der Waals surface area contributed by atoms with Gasteiger partial charge in [-0.25, -0.2) is 4.39 Å². The fraction of sp³-hybridized carbons (Fsp3) is 0.600. The Bertz CT molecular complexity index is 433. The zero-order valence-corrected chi connectivity index (χ0v) is 14.3. The van der Waals surface area contributed by atoms with Crippen LogP contribution in [0.2, 0.25) is 0 Å². The highest BCUT2D eigenvalue weighted by Crippen LogP contribution is 2.29. The number of benzene rings is 1. The number of nitrogens with zero attached hydrogens (tertiary/aromatic N) is 1. The van der Waals surface area contributed by atoms with Gasteiger partial charge in [0.25, 0.3) is 0 Å². The summed E-state index contributed by atoms with van der Waals surface area (Å²) in [5.74, 6) is 5.59. The molecule has 1 rings (SSSR count). The van der Waals surface area contributed by atoms with Gasteiger partial charge in [0.1, 0.15) is 5.82 Å². The van der Waals surface area contributed by atoms with Crippen molar-refractivity contribution in [3.63, 3.8) is 0 Å². The number of hydrogen-bond acceptors (Lipinski definition) is 3. The molecular weight excluding hydrogens is 321 g/mol. The summed E-state index contributed by atoms with van der Waals surface area (Å²) in [4.78, 5) is 2.19. The van der Waals surface area contributed by atoms with E-state index >= 15 is 0 Å². The van der Waals surface area contributed by atoms with E-state index in [2.05, 4.69) is 54.2 Å². The van der Waals surface area contributed by atoms with Gasteiger partial charge < -0.3 is 4.90 Å². The van der Waals surface area contributed by atoms with Crippen LogP contribution in [0, 0.1) is 5.82 Å². The lowest BCUT2D eigenvalue weighted by atomic mass is 9.80. The summed E-state index contributed by atoms with van der Waals surface area (Å²) in [6.45, 7) is 4.29. The number of rotatable bonds is 7. The molecule has 0 aliphatic carbocycles. The maximum Gasteiger partial charge on any atom is 0.126 e. The smallest absolute Gasteiger partial charge is 0.126 e. The minimum Gasteiger partial charge on any atom is -0.302 e. The van der Waals surface area contributed by atoms with Gasteiger partial charge in [-0.1, -0.05) is 29.8 Å². The number of nitrogens with one attached hydrogen (secondary N) is 1. The zero-order chi connectivity index (χ0) is 15.3. The lowest BCUT2D eigenvalue weighted by Gasteiger charge is -2.45. The van der Waals surface area contributed by atoms with E-state index in [9.17, 15) is 4.39 Å². The van der Waals surface area contributed by atoms with E-state index in [1.807, 2.05) is 6.07 Å². The summed E-state index contributed by atoms with van der Waals surface area (Å²) in [6.07, 6.45) is 2.45. The molecule has 0 fully saturated rings. The molecule has 0 saturated heterocycles. The van der Waals surface area contributed by atoms with Crippen LogP contribution < -0.4 is 11.3 Å². The molecule has 0 aliphatic heterocycles. The van der Waals surface area contributed by atoms with E-state index in [-0.39, 0.29) is 17.4 Å². The first-order valence-corrected chi connectivity index (χ1v) is 7.78. The topological polar surface area (TPSA) is 41.3 Å². The van der Waals surface area contributed by atoms with Gasteiger partial charge in [-0.3, -0.25) is 11.3 Å². The predicted molar refractivity (Wildman–Crippen MR) is 85.9 cm³/mol. The second kappa shape index (κ2) is 7.50. The van der Waals surface area contributed by atoms with Gasteiger partial charge in [-0.2, -0.15) is 0 Å². The molecule has 1 aromatic carbocycles. The third kappa shape index (κ3) is 3.58. The van der Waals surface area contributed by atoms with Crippen LogP contribution in [0.15, 0.2) is 22.7 Å². The van der Waals surface area contributed by atoms with Crippen LogP contribution in [-0.4, -0.2) is 30.6 Å². The van der Waals surface area contributed by atoms with Crippen LogP contribution in [0.4, 0.5) is 4.39 Å². The molecule has 1 aromatic rings. The number of hydrogen-bond donors (Lipinski definition) is 2. The lowest BCUT2D eigenvalue weighted by Crippen LogP contribution is -2.61. The monoisotopic (exact) mass is 345 g/mol. The van der Waals surface area contributed by atoms with Crippen molar-refractivity contribution in [3.05, 3.63) is 34.1 Å². The molecule has 5 heteroatoms. The standard InChI is InChI=1S/C15H25BrFN3/c1-5-15(6-2,20(3)4)14(19-18)10-11-9-12(16)7-8-13(11)17/h7-9,14,19H,5-6,10,18H2,1-4H3. The third-order valence-electron chi connectivity index (χ3n) is 4.40. The summed E-state index contributed by atoms with van der Waals surface area (Å²) in [5, 5.41) is 0. The van der Waals surface area contributed by atoms with E-state index in [1.54, 1.807) is 6.07 Å². The lowest BCUT2D eigenvalue weighted by molar-refractivity contribution is 0.0878. The van der Waals surface area contributed by atoms with E-state index < -0.39 is 0 Å². The molecule has 3 N–H and O–H groups in total. The van der Waals surface area contributed by atoms with Crippen molar-refractivity contribution in [3.8, 4) is 0 Å². The molecule has 0 heterocycles. The van der Waals surface area contributed by atoms with Crippen molar-refractivity contribution in [2.45, 2.75) is 44.7 Å². The molecule has 114 valence electrons. The highest BCUT2D eigenvalue weighted by molar-refractivity contribution is 9.10. The highest BCUT2D eigenvalue weighted by Gasteiger charge is 2.37. The van der Waals surface area contributed by atoms with Crippen LogP contribution in [0.25, 0.3) is 0 Å². The van der Waals surface area contributed by atoms with Crippen LogP contribution in [0.3, 0.4) is 0 Å². The Morgan fingerprint density at radius 3 is 2.40 bits per heavy atom. The Morgan fingerprint density at radius 2 is 1.95 bits per heavy atom. The minimum atomic E-state index is -0.187. The number of halogens is 2. The maximum absolute atomic E-state index is 14.0. The Morgan fingerprint density at radius 1 is 1.35 bits per heavy atom. The molecule has 0 amide bonds. The quantitative estimate of drug-likeness (QED) is 0.589. The Hall–Kier alpha value is -0.490. The summed E-state index contributed by atoms with van der Waals surface area (Å²) in [6, 6.07) is 5.01. The van der Waals surface area contributed by atoms with Gasteiger partial charge in [0.05, 0.1) is 0 Å². The van der Waals surface area contributed by atoms with Gasteiger partial charge in [0.15, 0.2) is 0 Å². The fourth-order valence-corrected chi connectivity index (χ4v) is 3.42. The Kier molecular flexibility index (Phi) is 6.58. The SMILES string of the molecule is CCC(CC)(C(Cc1cc(Br)ccc1F)NN)N(C)C. The van der Waals surface area contributed by atoms with Crippen molar-refractivity contribution in [2.24, 2.45) is 5.84 Å². The van der Waals surface area contributed by atoms with Crippen molar-refractivity contribution < 1.29 is 4.39 Å². The van der Waals surface area contributed by atoms with Crippen molar-refractivity contribution >= 4 is 15.9 Å². The molecule has 3 nitrogen and oxygen atoms in total. The number of likely N-dealkylation sites (N-methyl/N-ethyl adjacent to an activating group) is 1. The molecule has 1 atom stereocenters. The third-order valence-corrected chi connectivity index (χ3v) is 4.89.